The van der Waals surface area contributed by atoms with Crippen molar-refractivity contribution in [2.75, 3.05) is 6.79 Å². The predicted octanol–water partition coefficient (Wildman–Crippen LogP) is 2.87. The molecule has 1 aromatic rings. The highest BCUT2D eigenvalue weighted by atomic mass is 16.7. The van der Waals surface area contributed by atoms with Crippen LogP contribution in [0, 0.1) is 5.92 Å². The van der Waals surface area contributed by atoms with Gasteiger partial charge in [-0.3, -0.25) is 0 Å². The number of rotatable bonds is 3. The maximum absolute atomic E-state index is 11.8. The highest BCUT2D eigenvalue weighted by molar-refractivity contribution is 5.81. The first-order chi connectivity index (χ1) is 9.83. The van der Waals surface area contributed by atoms with Crippen LogP contribution in [-0.2, 0) is 9.63 Å². The summed E-state index contributed by atoms with van der Waals surface area (Å²) < 4.78 is 10.5. The molecule has 5 nitrogen and oxygen atoms in total. The number of hydrogen-bond acceptors (Lipinski definition) is 5. The van der Waals surface area contributed by atoms with Crippen LogP contribution in [0.1, 0.15) is 37.7 Å². The fraction of sp³-hybridized carbons (Fsp3) is 0.467. The molecule has 0 bridgehead atoms. The Kier molecular flexibility index (Phi) is 3.85. The largest absolute Gasteiger partial charge is 0.454 e. The van der Waals surface area contributed by atoms with Gasteiger partial charge in [0.1, 0.15) is 0 Å². The van der Waals surface area contributed by atoms with Crippen molar-refractivity contribution in [1.29, 1.82) is 0 Å². The van der Waals surface area contributed by atoms with Crippen molar-refractivity contribution >= 4 is 12.2 Å². The lowest BCUT2D eigenvalue weighted by atomic mass is 9.89. The van der Waals surface area contributed by atoms with Gasteiger partial charge in [0.05, 0.1) is 12.1 Å². The van der Waals surface area contributed by atoms with E-state index in [2.05, 4.69) is 5.16 Å². The smallest absolute Gasteiger partial charge is 0.338 e. The highest BCUT2D eigenvalue weighted by Gasteiger charge is 2.22. The summed E-state index contributed by atoms with van der Waals surface area (Å²) in [7, 11) is 0. The summed E-state index contributed by atoms with van der Waals surface area (Å²) in [4.78, 5) is 16.8. The molecule has 1 saturated carbocycles. The van der Waals surface area contributed by atoms with Crippen molar-refractivity contribution in [2.24, 2.45) is 11.1 Å². The van der Waals surface area contributed by atoms with Gasteiger partial charge in [-0.1, -0.05) is 24.4 Å². The van der Waals surface area contributed by atoms with E-state index in [9.17, 15) is 4.79 Å². The van der Waals surface area contributed by atoms with Gasteiger partial charge in [0.2, 0.25) is 6.79 Å². The highest BCUT2D eigenvalue weighted by Crippen LogP contribution is 2.32. The molecular formula is C15H17NO4. The van der Waals surface area contributed by atoms with E-state index in [-0.39, 0.29) is 18.7 Å². The maximum atomic E-state index is 11.8. The Labute approximate surface area is 117 Å². The number of ether oxygens (including phenoxy) is 2. The summed E-state index contributed by atoms with van der Waals surface area (Å²) >= 11 is 0. The van der Waals surface area contributed by atoms with Crippen molar-refractivity contribution in [3.8, 4) is 11.5 Å². The van der Waals surface area contributed by atoms with Gasteiger partial charge in [-0.15, -0.1) is 0 Å². The van der Waals surface area contributed by atoms with Gasteiger partial charge < -0.3 is 14.3 Å². The average molecular weight is 275 g/mol. The monoisotopic (exact) mass is 275 g/mol. The molecule has 0 spiro atoms. The molecule has 1 fully saturated rings. The molecule has 1 aliphatic carbocycles. The van der Waals surface area contributed by atoms with Crippen LogP contribution in [0.5, 0.6) is 11.5 Å². The molecule has 0 radical (unpaired) electrons. The third kappa shape index (κ3) is 2.92. The van der Waals surface area contributed by atoms with E-state index in [0.717, 1.165) is 37.0 Å². The average Bonchev–Trinajstić information content (AvgIpc) is 2.95. The van der Waals surface area contributed by atoms with Gasteiger partial charge >= 0.3 is 5.97 Å². The minimum atomic E-state index is -0.221. The van der Waals surface area contributed by atoms with E-state index >= 15 is 0 Å². The molecule has 0 amide bonds. The summed E-state index contributed by atoms with van der Waals surface area (Å²) in [5.41, 5.74) is 0.811. The third-order valence-corrected chi connectivity index (χ3v) is 3.68. The molecule has 2 aliphatic rings. The minimum absolute atomic E-state index is 0.0117. The van der Waals surface area contributed by atoms with Crippen LogP contribution in [0.2, 0.25) is 0 Å². The van der Waals surface area contributed by atoms with Gasteiger partial charge in [-0.25, -0.2) is 4.79 Å². The van der Waals surface area contributed by atoms with Crippen LogP contribution >= 0.6 is 0 Å². The van der Waals surface area contributed by atoms with Crippen LogP contribution in [0.4, 0.5) is 0 Å². The van der Waals surface area contributed by atoms with Crippen molar-refractivity contribution in [3.05, 3.63) is 23.8 Å². The molecule has 1 aromatic carbocycles. The molecule has 0 aromatic heterocycles. The molecule has 106 valence electrons. The number of hydrogen-bond donors (Lipinski definition) is 0. The van der Waals surface area contributed by atoms with Gasteiger partial charge in [0.25, 0.3) is 0 Å². The molecule has 3 rings (SSSR count). The normalized spacial score (nSPS) is 18.4. The van der Waals surface area contributed by atoms with E-state index in [1.165, 1.54) is 12.6 Å². The predicted molar refractivity (Wildman–Crippen MR) is 72.8 cm³/mol. The molecule has 0 unspecified atom stereocenters. The van der Waals surface area contributed by atoms with E-state index in [4.69, 9.17) is 14.3 Å². The molecule has 0 N–H and O–H groups in total. The third-order valence-electron chi connectivity index (χ3n) is 3.68. The lowest BCUT2D eigenvalue weighted by Gasteiger charge is -2.17. The van der Waals surface area contributed by atoms with Crippen LogP contribution in [0.25, 0.3) is 0 Å². The molecule has 0 atom stereocenters. The van der Waals surface area contributed by atoms with E-state index < -0.39 is 0 Å². The van der Waals surface area contributed by atoms with Crippen LogP contribution in [-0.4, -0.2) is 19.0 Å². The zero-order valence-electron chi connectivity index (χ0n) is 11.2. The summed E-state index contributed by atoms with van der Waals surface area (Å²) in [6, 6.07) is 5.46. The van der Waals surface area contributed by atoms with Crippen molar-refractivity contribution in [2.45, 2.75) is 32.1 Å². The zero-order chi connectivity index (χ0) is 13.8. The Balaban J connectivity index is 1.56. The number of nitrogens with zero attached hydrogens (tertiary/aromatic N) is 1. The van der Waals surface area contributed by atoms with Crippen LogP contribution in [0.15, 0.2) is 23.4 Å². The summed E-state index contributed by atoms with van der Waals surface area (Å²) in [6.07, 6.45) is 6.76. The molecule has 1 aliphatic heterocycles. The Bertz CT molecular complexity index is 521. The number of fused-ring (bicyclic) bond motifs is 1. The summed E-state index contributed by atoms with van der Waals surface area (Å²) in [5, 5.41) is 3.77. The van der Waals surface area contributed by atoms with E-state index in [0.29, 0.717) is 5.75 Å². The SMILES string of the molecule is O=C(O/N=C/c1ccc2c(c1)OCO2)C1CCCCC1. The van der Waals surface area contributed by atoms with Gasteiger partial charge in [0.15, 0.2) is 11.5 Å². The molecule has 1 heterocycles. The number of oxime groups is 1. The fourth-order valence-electron chi connectivity index (χ4n) is 2.55. The van der Waals surface area contributed by atoms with Crippen molar-refractivity contribution < 1.29 is 19.1 Å². The Morgan fingerprint density at radius 2 is 2.00 bits per heavy atom. The fourth-order valence-corrected chi connectivity index (χ4v) is 2.55. The van der Waals surface area contributed by atoms with E-state index in [1.54, 1.807) is 6.07 Å². The zero-order valence-corrected chi connectivity index (χ0v) is 11.2. The lowest BCUT2D eigenvalue weighted by molar-refractivity contribution is -0.149. The molecule has 5 heteroatoms. The summed E-state index contributed by atoms with van der Waals surface area (Å²) in [6.45, 7) is 0.243. The van der Waals surface area contributed by atoms with E-state index in [1.807, 2.05) is 12.1 Å². The first-order valence-corrected chi connectivity index (χ1v) is 6.97. The van der Waals surface area contributed by atoms with Gasteiger partial charge in [0, 0.05) is 5.56 Å². The molecule has 0 saturated heterocycles. The quantitative estimate of drug-likeness (QED) is 0.483. The van der Waals surface area contributed by atoms with Gasteiger partial charge in [-0.2, -0.15) is 0 Å². The summed E-state index contributed by atoms with van der Waals surface area (Å²) in [5.74, 6) is 1.20. The maximum Gasteiger partial charge on any atom is 0.338 e. The number of carbonyl (C=O) groups is 1. The van der Waals surface area contributed by atoms with Crippen LogP contribution in [0.3, 0.4) is 0 Å². The second kappa shape index (κ2) is 5.94. The van der Waals surface area contributed by atoms with Crippen LogP contribution < -0.4 is 9.47 Å². The minimum Gasteiger partial charge on any atom is -0.454 e. The molecule has 20 heavy (non-hydrogen) atoms. The van der Waals surface area contributed by atoms with Gasteiger partial charge in [-0.05, 0) is 31.0 Å². The van der Waals surface area contributed by atoms with Crippen molar-refractivity contribution in [1.82, 2.24) is 0 Å². The number of benzene rings is 1. The second-order valence-corrected chi connectivity index (χ2v) is 5.09. The number of carbonyl (C=O) groups excluding carboxylic acids is 1. The van der Waals surface area contributed by atoms with Crippen molar-refractivity contribution in [3.63, 3.8) is 0 Å². The second-order valence-electron chi connectivity index (χ2n) is 5.09. The Morgan fingerprint density at radius 1 is 1.20 bits per heavy atom. The lowest BCUT2D eigenvalue weighted by Crippen LogP contribution is -2.18. The first-order valence-electron chi connectivity index (χ1n) is 6.97. The topological polar surface area (TPSA) is 57.1 Å². The molecular weight excluding hydrogens is 258 g/mol. The first kappa shape index (κ1) is 13.0. The standard InChI is InChI=1S/C15H17NO4/c17-15(12-4-2-1-3-5-12)20-16-9-11-6-7-13-14(8-11)19-10-18-13/h6-9,12H,1-5,10H2/b16-9+. The Hall–Kier alpha value is -2.04. The Morgan fingerprint density at radius 3 is 2.85 bits per heavy atom.